The number of halogens is 3. The van der Waals surface area contributed by atoms with E-state index in [9.17, 15) is 23.1 Å². The van der Waals surface area contributed by atoms with Gasteiger partial charge < -0.3 is 9.84 Å². The minimum absolute atomic E-state index is 0.137. The molecule has 1 unspecified atom stereocenters. The van der Waals surface area contributed by atoms with E-state index in [1.165, 1.54) is 48.2 Å². The first-order valence-electron chi connectivity index (χ1n) is 8.70. The molecule has 3 rings (SSSR count). The zero-order valence-electron chi connectivity index (χ0n) is 15.6. The summed E-state index contributed by atoms with van der Waals surface area (Å²) in [5.41, 5.74) is -1.18. The Hall–Kier alpha value is -3.11. The monoisotopic (exact) mass is 408 g/mol. The number of aromatic nitrogens is 3. The minimum atomic E-state index is -4.73. The van der Waals surface area contributed by atoms with Crippen LogP contribution < -0.4 is 15.6 Å². The van der Waals surface area contributed by atoms with Gasteiger partial charge in [-0.3, -0.25) is 14.7 Å². The first-order valence-corrected chi connectivity index (χ1v) is 8.70. The molecule has 0 amide bonds. The van der Waals surface area contributed by atoms with Crippen molar-refractivity contribution in [1.82, 2.24) is 19.7 Å². The summed E-state index contributed by atoms with van der Waals surface area (Å²) < 4.78 is 48.0. The van der Waals surface area contributed by atoms with Crippen LogP contribution in [0.25, 0.3) is 11.4 Å². The molecule has 2 N–H and O–H groups in total. The highest BCUT2D eigenvalue weighted by molar-refractivity contribution is 5.44. The Bertz CT molecular complexity index is 1040. The number of pyridine rings is 1. The van der Waals surface area contributed by atoms with Gasteiger partial charge in [-0.15, -0.1) is 0 Å². The molecular weight excluding hydrogens is 389 g/mol. The second kappa shape index (κ2) is 8.10. The number of rotatable bonds is 6. The first kappa shape index (κ1) is 20.6. The van der Waals surface area contributed by atoms with E-state index in [1.54, 1.807) is 13.0 Å². The summed E-state index contributed by atoms with van der Waals surface area (Å²) in [5, 5.41) is 16.3. The van der Waals surface area contributed by atoms with Crippen molar-refractivity contribution in [2.45, 2.75) is 19.3 Å². The molecule has 0 spiro atoms. The van der Waals surface area contributed by atoms with Crippen LogP contribution in [0.5, 0.6) is 5.75 Å². The number of nitrogens with zero attached hydrogens (tertiary/aromatic N) is 3. The number of ether oxygens (including phenoxy) is 1. The maximum atomic E-state index is 13.6. The van der Waals surface area contributed by atoms with Crippen molar-refractivity contribution < 1.29 is 23.0 Å². The molecule has 7 nitrogen and oxygen atoms in total. The molecule has 1 atom stereocenters. The van der Waals surface area contributed by atoms with E-state index in [4.69, 9.17) is 4.74 Å². The highest BCUT2D eigenvalue weighted by Gasteiger charge is 2.40. The van der Waals surface area contributed by atoms with E-state index in [0.717, 1.165) is 10.9 Å². The standard InChI is InChI=1S/C19H19F3N4O3/c1-3-23-18(28)15-11-24-26(17(15)19(20,21)22)13-6-4-12(5-7-13)25-9-8-14(29-2)10-16(25)27/h4-11,18,23,28H,3H2,1-2H3. The average molecular weight is 408 g/mol. The van der Waals surface area contributed by atoms with Crippen molar-refractivity contribution in [3.63, 3.8) is 0 Å². The van der Waals surface area contributed by atoms with Gasteiger partial charge in [-0.05, 0) is 36.9 Å². The minimum Gasteiger partial charge on any atom is -0.497 e. The molecular formula is C19H19F3N4O3. The smallest absolute Gasteiger partial charge is 0.433 e. The number of hydrogen-bond donors (Lipinski definition) is 2. The normalized spacial score (nSPS) is 12.8. The number of nitrogens with one attached hydrogen (secondary N) is 1. The van der Waals surface area contributed by atoms with Gasteiger partial charge in [0.2, 0.25) is 0 Å². The fourth-order valence-corrected chi connectivity index (χ4v) is 2.90. The lowest BCUT2D eigenvalue weighted by Gasteiger charge is -2.16. The first-order chi connectivity index (χ1) is 13.8. The van der Waals surface area contributed by atoms with Crippen LogP contribution in [0.3, 0.4) is 0 Å². The van der Waals surface area contributed by atoms with E-state index < -0.39 is 18.1 Å². The second-order valence-electron chi connectivity index (χ2n) is 6.11. The lowest BCUT2D eigenvalue weighted by molar-refractivity contribution is -0.144. The van der Waals surface area contributed by atoms with Crippen LogP contribution in [0.15, 0.2) is 53.6 Å². The summed E-state index contributed by atoms with van der Waals surface area (Å²) in [6.07, 6.45) is -3.73. The Morgan fingerprint density at radius 2 is 1.86 bits per heavy atom. The highest BCUT2D eigenvalue weighted by Crippen LogP contribution is 2.35. The van der Waals surface area contributed by atoms with Crippen molar-refractivity contribution in [3.05, 3.63) is 70.4 Å². The molecule has 2 aromatic heterocycles. The molecule has 0 aliphatic carbocycles. The van der Waals surface area contributed by atoms with Crippen LogP contribution in [-0.2, 0) is 6.18 Å². The number of hydrogen-bond acceptors (Lipinski definition) is 5. The van der Waals surface area contributed by atoms with Gasteiger partial charge in [-0.1, -0.05) is 6.92 Å². The third kappa shape index (κ3) is 4.17. The highest BCUT2D eigenvalue weighted by atomic mass is 19.4. The third-order valence-corrected chi connectivity index (χ3v) is 4.26. The molecule has 0 aliphatic rings. The molecule has 154 valence electrons. The van der Waals surface area contributed by atoms with E-state index in [0.29, 0.717) is 11.4 Å². The van der Waals surface area contributed by atoms with Crippen LogP contribution in [0.2, 0.25) is 0 Å². The predicted octanol–water partition coefficient (Wildman–Crippen LogP) is 2.65. The van der Waals surface area contributed by atoms with Gasteiger partial charge in [0.05, 0.1) is 19.0 Å². The van der Waals surface area contributed by atoms with Gasteiger partial charge in [0.1, 0.15) is 12.0 Å². The summed E-state index contributed by atoms with van der Waals surface area (Å²) in [4.78, 5) is 12.2. The largest absolute Gasteiger partial charge is 0.497 e. The summed E-state index contributed by atoms with van der Waals surface area (Å²) in [6.45, 7) is 1.95. The number of alkyl halides is 3. The van der Waals surface area contributed by atoms with Gasteiger partial charge in [0.15, 0.2) is 5.69 Å². The summed E-state index contributed by atoms with van der Waals surface area (Å²) in [6, 6.07) is 8.74. The SMILES string of the molecule is CCNC(O)c1cnn(-c2ccc(-n3ccc(OC)cc3=O)cc2)c1C(F)(F)F. The lowest BCUT2D eigenvalue weighted by atomic mass is 10.2. The Morgan fingerprint density at radius 3 is 2.41 bits per heavy atom. The van der Waals surface area contributed by atoms with Gasteiger partial charge in [0, 0.05) is 23.5 Å². The zero-order valence-corrected chi connectivity index (χ0v) is 15.6. The third-order valence-electron chi connectivity index (χ3n) is 4.26. The van der Waals surface area contributed by atoms with Gasteiger partial charge in [-0.2, -0.15) is 18.3 Å². The van der Waals surface area contributed by atoms with Crippen molar-refractivity contribution in [2.75, 3.05) is 13.7 Å². The molecule has 0 aliphatic heterocycles. The Labute approximate surface area is 164 Å². The average Bonchev–Trinajstić information content (AvgIpc) is 3.14. The maximum Gasteiger partial charge on any atom is 0.433 e. The van der Waals surface area contributed by atoms with Crippen LogP contribution in [-0.4, -0.2) is 33.1 Å². The van der Waals surface area contributed by atoms with E-state index in [-0.39, 0.29) is 23.4 Å². The zero-order chi connectivity index (χ0) is 21.2. The molecule has 0 saturated heterocycles. The lowest BCUT2D eigenvalue weighted by Crippen LogP contribution is -2.24. The number of benzene rings is 1. The summed E-state index contributed by atoms with van der Waals surface area (Å²) in [5.74, 6) is 0.404. The molecule has 0 radical (unpaired) electrons. The van der Waals surface area contributed by atoms with Crippen LogP contribution in [0, 0.1) is 0 Å². The topological polar surface area (TPSA) is 81.3 Å². The molecule has 0 saturated carbocycles. The Morgan fingerprint density at radius 1 is 1.21 bits per heavy atom. The van der Waals surface area contributed by atoms with Crippen molar-refractivity contribution in [3.8, 4) is 17.1 Å². The molecule has 3 aromatic rings. The molecule has 29 heavy (non-hydrogen) atoms. The second-order valence-corrected chi connectivity index (χ2v) is 6.11. The number of aliphatic hydroxyl groups is 1. The summed E-state index contributed by atoms with van der Waals surface area (Å²) in [7, 11) is 1.44. The van der Waals surface area contributed by atoms with Crippen LogP contribution in [0.4, 0.5) is 13.2 Å². The number of methoxy groups -OCH3 is 1. The fourth-order valence-electron chi connectivity index (χ4n) is 2.90. The predicted molar refractivity (Wildman–Crippen MR) is 99.4 cm³/mol. The fraction of sp³-hybridized carbons (Fsp3) is 0.263. The maximum absolute atomic E-state index is 13.6. The number of aliphatic hydroxyl groups excluding tert-OH is 1. The molecule has 10 heteroatoms. The van der Waals surface area contributed by atoms with Gasteiger partial charge >= 0.3 is 6.18 Å². The molecule has 1 aromatic carbocycles. The van der Waals surface area contributed by atoms with E-state index >= 15 is 0 Å². The quantitative estimate of drug-likeness (QED) is 0.613. The Kier molecular flexibility index (Phi) is 5.76. The van der Waals surface area contributed by atoms with Crippen molar-refractivity contribution >= 4 is 0 Å². The molecule has 0 bridgehead atoms. The van der Waals surface area contributed by atoms with Gasteiger partial charge in [-0.25, -0.2) is 4.68 Å². The van der Waals surface area contributed by atoms with E-state index in [2.05, 4.69) is 10.4 Å². The summed E-state index contributed by atoms with van der Waals surface area (Å²) >= 11 is 0. The van der Waals surface area contributed by atoms with E-state index in [1.807, 2.05) is 0 Å². The molecule has 0 fully saturated rings. The van der Waals surface area contributed by atoms with Crippen molar-refractivity contribution in [2.24, 2.45) is 0 Å². The van der Waals surface area contributed by atoms with Crippen LogP contribution >= 0.6 is 0 Å². The van der Waals surface area contributed by atoms with Crippen molar-refractivity contribution in [1.29, 1.82) is 0 Å². The Balaban J connectivity index is 2.01. The van der Waals surface area contributed by atoms with Crippen LogP contribution in [0.1, 0.15) is 24.4 Å². The molecule has 2 heterocycles. The van der Waals surface area contributed by atoms with Gasteiger partial charge in [0.25, 0.3) is 5.56 Å².